The van der Waals surface area contributed by atoms with E-state index in [0.29, 0.717) is 17.7 Å². The van der Waals surface area contributed by atoms with Crippen molar-refractivity contribution >= 4 is 40.2 Å². The predicted molar refractivity (Wildman–Crippen MR) is 96.9 cm³/mol. The molecular formula is C18H16INO3. The molecular weight excluding hydrogens is 405 g/mol. The van der Waals surface area contributed by atoms with Gasteiger partial charge in [-0.2, -0.15) is 0 Å². The number of esters is 1. The Balaban J connectivity index is 2.00. The van der Waals surface area contributed by atoms with Crippen LogP contribution in [0.25, 0.3) is 0 Å². The molecule has 3 rings (SSSR count). The molecule has 2 aromatic rings. The number of ether oxygens (including phenoxy) is 1. The third kappa shape index (κ3) is 3.10. The minimum atomic E-state index is -0.356. The van der Waals surface area contributed by atoms with E-state index in [-0.39, 0.29) is 11.9 Å². The Labute approximate surface area is 148 Å². The fraction of sp³-hybridized carbons (Fsp3) is 0.222. The summed E-state index contributed by atoms with van der Waals surface area (Å²) in [5.74, 6) is -0.394. The minimum Gasteiger partial charge on any atom is -0.465 e. The van der Waals surface area contributed by atoms with Gasteiger partial charge in [0.05, 0.1) is 12.7 Å². The number of carbonyl (C=O) groups is 2. The number of hydrogen-bond donors (Lipinski definition) is 0. The summed E-state index contributed by atoms with van der Waals surface area (Å²) in [6.07, 6.45) is 1.61. The SMILES string of the molecule is COC(=O)c1cccc2c1CCCN2C(=O)c1ccc(I)cc1. The Kier molecular flexibility index (Phi) is 4.66. The van der Waals surface area contributed by atoms with Gasteiger partial charge in [-0.3, -0.25) is 4.79 Å². The highest BCUT2D eigenvalue weighted by Crippen LogP contribution is 2.31. The second-order valence-electron chi connectivity index (χ2n) is 5.36. The lowest BCUT2D eigenvalue weighted by Crippen LogP contribution is -2.36. The molecule has 0 N–H and O–H groups in total. The summed E-state index contributed by atoms with van der Waals surface area (Å²) in [6.45, 7) is 0.655. The Hall–Kier alpha value is -1.89. The molecule has 1 aliphatic rings. The molecule has 23 heavy (non-hydrogen) atoms. The van der Waals surface area contributed by atoms with Crippen LogP contribution >= 0.6 is 22.6 Å². The van der Waals surface area contributed by atoms with Gasteiger partial charge in [0.15, 0.2) is 0 Å². The van der Waals surface area contributed by atoms with E-state index in [1.165, 1.54) is 7.11 Å². The summed E-state index contributed by atoms with van der Waals surface area (Å²) in [4.78, 5) is 26.5. The van der Waals surface area contributed by atoms with Crippen molar-refractivity contribution < 1.29 is 14.3 Å². The van der Waals surface area contributed by atoms with Crippen LogP contribution in [-0.2, 0) is 11.2 Å². The number of nitrogens with zero attached hydrogens (tertiary/aromatic N) is 1. The molecule has 0 radical (unpaired) electrons. The highest BCUT2D eigenvalue weighted by atomic mass is 127. The van der Waals surface area contributed by atoms with Gasteiger partial charge in [-0.25, -0.2) is 4.79 Å². The van der Waals surface area contributed by atoms with Crippen LogP contribution in [-0.4, -0.2) is 25.5 Å². The Morgan fingerprint density at radius 1 is 1.13 bits per heavy atom. The molecule has 0 aromatic heterocycles. The first kappa shape index (κ1) is 16.0. The first-order chi connectivity index (χ1) is 11.1. The summed E-state index contributed by atoms with van der Waals surface area (Å²) in [6, 6.07) is 13.0. The maximum atomic E-state index is 12.8. The second kappa shape index (κ2) is 6.70. The summed E-state index contributed by atoms with van der Waals surface area (Å²) in [5.41, 5.74) is 2.90. The molecule has 0 bridgehead atoms. The maximum Gasteiger partial charge on any atom is 0.338 e. The molecule has 1 amide bonds. The number of methoxy groups -OCH3 is 1. The zero-order valence-electron chi connectivity index (χ0n) is 12.7. The van der Waals surface area contributed by atoms with Crippen molar-refractivity contribution in [2.45, 2.75) is 12.8 Å². The Morgan fingerprint density at radius 2 is 1.87 bits per heavy atom. The average Bonchev–Trinajstić information content (AvgIpc) is 2.60. The van der Waals surface area contributed by atoms with Crippen molar-refractivity contribution in [3.8, 4) is 0 Å². The van der Waals surface area contributed by atoms with Crippen LogP contribution in [0.4, 0.5) is 5.69 Å². The summed E-state index contributed by atoms with van der Waals surface area (Å²) in [7, 11) is 1.37. The fourth-order valence-electron chi connectivity index (χ4n) is 2.89. The Bertz CT molecular complexity index is 755. The van der Waals surface area contributed by atoms with E-state index in [0.717, 1.165) is 27.7 Å². The number of rotatable bonds is 2. The zero-order valence-corrected chi connectivity index (χ0v) is 14.9. The van der Waals surface area contributed by atoms with Crippen LogP contribution in [0.5, 0.6) is 0 Å². The number of fused-ring (bicyclic) bond motifs is 1. The average molecular weight is 421 g/mol. The van der Waals surface area contributed by atoms with E-state index < -0.39 is 0 Å². The number of amides is 1. The standard InChI is InChI=1S/C18H16INO3/c1-23-18(22)15-4-2-6-16-14(15)5-3-11-20(16)17(21)12-7-9-13(19)10-8-12/h2,4,6-10H,3,5,11H2,1H3. The van der Waals surface area contributed by atoms with Gasteiger partial charge in [-0.1, -0.05) is 6.07 Å². The summed E-state index contributed by atoms with van der Waals surface area (Å²) < 4.78 is 5.94. The van der Waals surface area contributed by atoms with E-state index in [1.807, 2.05) is 30.3 Å². The third-order valence-electron chi connectivity index (χ3n) is 3.99. The van der Waals surface area contributed by atoms with Gasteiger partial charge in [-0.05, 0) is 77.4 Å². The van der Waals surface area contributed by atoms with E-state index in [9.17, 15) is 9.59 Å². The van der Waals surface area contributed by atoms with E-state index in [4.69, 9.17) is 4.74 Å². The zero-order chi connectivity index (χ0) is 16.4. The Morgan fingerprint density at radius 3 is 2.57 bits per heavy atom. The highest BCUT2D eigenvalue weighted by Gasteiger charge is 2.26. The number of halogens is 1. The van der Waals surface area contributed by atoms with Crippen molar-refractivity contribution in [1.82, 2.24) is 0 Å². The highest BCUT2D eigenvalue weighted by molar-refractivity contribution is 14.1. The van der Waals surface area contributed by atoms with Gasteiger partial charge >= 0.3 is 5.97 Å². The van der Waals surface area contributed by atoms with Crippen molar-refractivity contribution in [1.29, 1.82) is 0 Å². The summed E-state index contributed by atoms with van der Waals surface area (Å²) in [5, 5.41) is 0. The third-order valence-corrected chi connectivity index (χ3v) is 4.71. The van der Waals surface area contributed by atoms with Gasteiger partial charge in [-0.15, -0.1) is 0 Å². The van der Waals surface area contributed by atoms with E-state index >= 15 is 0 Å². The van der Waals surface area contributed by atoms with E-state index in [2.05, 4.69) is 22.6 Å². The number of hydrogen-bond acceptors (Lipinski definition) is 3. The van der Waals surface area contributed by atoms with Gasteiger partial charge in [0.25, 0.3) is 5.91 Å². The summed E-state index contributed by atoms with van der Waals surface area (Å²) >= 11 is 2.21. The first-order valence-electron chi connectivity index (χ1n) is 7.39. The van der Waals surface area contributed by atoms with Crippen molar-refractivity contribution in [2.75, 3.05) is 18.6 Å². The normalized spacial score (nSPS) is 13.4. The molecule has 4 nitrogen and oxygen atoms in total. The van der Waals surface area contributed by atoms with Gasteiger partial charge in [0.2, 0.25) is 0 Å². The minimum absolute atomic E-state index is 0.0376. The van der Waals surface area contributed by atoms with Gasteiger partial charge < -0.3 is 9.64 Å². The lowest BCUT2D eigenvalue weighted by atomic mass is 9.95. The van der Waals surface area contributed by atoms with Crippen LogP contribution < -0.4 is 4.90 Å². The van der Waals surface area contributed by atoms with Crippen LogP contribution in [0.3, 0.4) is 0 Å². The lowest BCUT2D eigenvalue weighted by molar-refractivity contribution is 0.0599. The molecule has 118 valence electrons. The molecule has 0 fully saturated rings. The van der Waals surface area contributed by atoms with Crippen LogP contribution in [0.2, 0.25) is 0 Å². The molecule has 0 saturated carbocycles. The molecule has 0 saturated heterocycles. The van der Waals surface area contributed by atoms with Crippen LogP contribution in [0.1, 0.15) is 32.7 Å². The second-order valence-corrected chi connectivity index (χ2v) is 6.61. The van der Waals surface area contributed by atoms with Crippen LogP contribution in [0, 0.1) is 3.57 Å². The number of benzene rings is 2. The molecule has 0 aliphatic carbocycles. The monoisotopic (exact) mass is 421 g/mol. The maximum absolute atomic E-state index is 12.8. The largest absolute Gasteiger partial charge is 0.465 e. The molecule has 5 heteroatoms. The molecule has 0 spiro atoms. The number of anilines is 1. The topological polar surface area (TPSA) is 46.6 Å². The lowest BCUT2D eigenvalue weighted by Gasteiger charge is -2.30. The fourth-order valence-corrected chi connectivity index (χ4v) is 3.24. The molecule has 0 unspecified atom stereocenters. The molecule has 2 aromatic carbocycles. The van der Waals surface area contributed by atoms with Crippen molar-refractivity contribution in [3.05, 3.63) is 62.7 Å². The first-order valence-corrected chi connectivity index (χ1v) is 8.47. The number of carbonyl (C=O) groups excluding carboxylic acids is 2. The molecule has 0 atom stereocenters. The smallest absolute Gasteiger partial charge is 0.338 e. The quantitative estimate of drug-likeness (QED) is 0.549. The van der Waals surface area contributed by atoms with Gasteiger partial charge in [0.1, 0.15) is 0 Å². The van der Waals surface area contributed by atoms with Crippen LogP contribution in [0.15, 0.2) is 42.5 Å². The van der Waals surface area contributed by atoms with E-state index in [1.54, 1.807) is 17.0 Å². The van der Waals surface area contributed by atoms with Crippen molar-refractivity contribution in [3.63, 3.8) is 0 Å². The molecule has 1 heterocycles. The van der Waals surface area contributed by atoms with Crippen molar-refractivity contribution in [2.24, 2.45) is 0 Å². The van der Waals surface area contributed by atoms with Gasteiger partial charge in [0, 0.05) is 21.4 Å². The molecule has 1 aliphatic heterocycles. The predicted octanol–water partition coefficient (Wildman–Crippen LogP) is 3.67.